The van der Waals surface area contributed by atoms with Crippen molar-refractivity contribution in [1.29, 1.82) is 0 Å². The van der Waals surface area contributed by atoms with Crippen LogP contribution in [0, 0.1) is 0 Å². The smallest absolute Gasteiger partial charge is 0.429 e. The molecule has 0 bridgehead atoms. The number of hydrogen-bond donors (Lipinski definition) is 1. The molecule has 28 heavy (non-hydrogen) atoms. The van der Waals surface area contributed by atoms with Crippen molar-refractivity contribution >= 4 is 34.1 Å². The molecule has 0 spiro atoms. The number of methoxy groups -OCH3 is 1. The van der Waals surface area contributed by atoms with Crippen molar-refractivity contribution in [1.82, 2.24) is 10.4 Å². The maximum absolute atomic E-state index is 12.6. The molecular weight excluding hydrogens is 432 g/mol. The van der Waals surface area contributed by atoms with Crippen molar-refractivity contribution in [3.63, 3.8) is 0 Å². The summed E-state index contributed by atoms with van der Waals surface area (Å²) in [5.41, 5.74) is 1.53. The number of halogens is 1. The highest BCUT2D eigenvalue weighted by Gasteiger charge is 2.28. The summed E-state index contributed by atoms with van der Waals surface area (Å²) in [6.07, 6.45) is -1.62. The molecule has 1 aromatic rings. The lowest BCUT2D eigenvalue weighted by molar-refractivity contribution is -0.000772. The van der Waals surface area contributed by atoms with E-state index in [0.29, 0.717) is 10.0 Å². The number of hydrazine groups is 1. The Labute approximate surface area is 173 Å². The molecule has 8 nitrogen and oxygen atoms in total. The van der Waals surface area contributed by atoms with Gasteiger partial charge in [0, 0.05) is 4.47 Å². The summed E-state index contributed by atoms with van der Waals surface area (Å²) in [7, 11) is 1.26. The number of amides is 2. The molecule has 2 amide bonds. The zero-order valence-electron chi connectivity index (χ0n) is 17.2. The van der Waals surface area contributed by atoms with Crippen LogP contribution in [0.25, 0.3) is 0 Å². The Kier molecular flexibility index (Phi) is 7.86. The SMILES string of the molecule is COC(=O)c1c(Br)cccc1CN(NC(=O)OC(C)(C)C)C(=O)OC(C)(C)C. The van der Waals surface area contributed by atoms with Crippen LogP contribution in [0.5, 0.6) is 0 Å². The van der Waals surface area contributed by atoms with E-state index in [4.69, 9.17) is 14.2 Å². The lowest BCUT2D eigenvalue weighted by Crippen LogP contribution is -2.49. The molecule has 0 aromatic heterocycles. The second-order valence-electron chi connectivity index (χ2n) is 7.95. The normalized spacial score (nSPS) is 11.4. The predicted octanol–water partition coefficient (Wildman–Crippen LogP) is 4.41. The number of rotatable bonds is 3. The summed E-state index contributed by atoms with van der Waals surface area (Å²) in [6, 6.07) is 5.02. The summed E-state index contributed by atoms with van der Waals surface area (Å²) >= 11 is 3.31. The van der Waals surface area contributed by atoms with Gasteiger partial charge in [-0.3, -0.25) is 0 Å². The summed E-state index contributed by atoms with van der Waals surface area (Å²) < 4.78 is 15.9. The van der Waals surface area contributed by atoms with Gasteiger partial charge in [-0.05, 0) is 69.1 Å². The molecule has 0 atom stereocenters. The molecule has 1 rings (SSSR count). The van der Waals surface area contributed by atoms with Crippen LogP contribution < -0.4 is 5.43 Å². The summed E-state index contributed by atoms with van der Waals surface area (Å²) in [6.45, 7) is 10.1. The topological polar surface area (TPSA) is 94.2 Å². The molecule has 0 heterocycles. The van der Waals surface area contributed by atoms with Gasteiger partial charge in [0.15, 0.2) is 0 Å². The average molecular weight is 459 g/mol. The third-order valence-corrected chi connectivity index (χ3v) is 3.72. The standard InChI is InChI=1S/C19H27BrN2O6/c1-18(2,3)27-16(24)21-22(17(25)28-19(4,5)6)11-12-9-8-10-13(20)14(12)15(23)26-7/h8-10H,11H2,1-7H3,(H,21,24). The van der Waals surface area contributed by atoms with Crippen LogP contribution >= 0.6 is 15.9 Å². The predicted molar refractivity (Wildman–Crippen MR) is 107 cm³/mol. The number of nitrogens with one attached hydrogen (secondary N) is 1. The van der Waals surface area contributed by atoms with E-state index in [9.17, 15) is 14.4 Å². The van der Waals surface area contributed by atoms with Crippen molar-refractivity contribution < 1.29 is 28.6 Å². The zero-order chi connectivity index (χ0) is 21.7. The van der Waals surface area contributed by atoms with Crippen LogP contribution in [0.3, 0.4) is 0 Å². The first kappa shape index (κ1) is 23.7. The van der Waals surface area contributed by atoms with E-state index in [-0.39, 0.29) is 12.1 Å². The average Bonchev–Trinajstić information content (AvgIpc) is 2.50. The highest BCUT2D eigenvalue weighted by atomic mass is 79.9. The van der Waals surface area contributed by atoms with Crippen LogP contribution in [0.4, 0.5) is 9.59 Å². The van der Waals surface area contributed by atoms with Gasteiger partial charge in [-0.15, -0.1) is 0 Å². The van der Waals surface area contributed by atoms with Gasteiger partial charge in [0.05, 0.1) is 19.2 Å². The molecule has 1 N–H and O–H groups in total. The lowest BCUT2D eigenvalue weighted by Gasteiger charge is -2.29. The van der Waals surface area contributed by atoms with E-state index >= 15 is 0 Å². The second kappa shape index (κ2) is 9.27. The van der Waals surface area contributed by atoms with Gasteiger partial charge in [-0.25, -0.2) is 24.8 Å². The molecule has 0 aliphatic carbocycles. The first-order chi connectivity index (χ1) is 12.7. The first-order valence-electron chi connectivity index (χ1n) is 8.59. The van der Waals surface area contributed by atoms with Gasteiger partial charge < -0.3 is 14.2 Å². The minimum atomic E-state index is -0.826. The van der Waals surface area contributed by atoms with Crippen LogP contribution in [0.2, 0.25) is 0 Å². The molecule has 0 aliphatic rings. The zero-order valence-corrected chi connectivity index (χ0v) is 18.8. The Morgan fingerprint density at radius 1 is 1.04 bits per heavy atom. The van der Waals surface area contributed by atoms with Crippen LogP contribution in [0.15, 0.2) is 22.7 Å². The van der Waals surface area contributed by atoms with Gasteiger partial charge in [0.2, 0.25) is 0 Å². The molecule has 1 aromatic carbocycles. The van der Waals surface area contributed by atoms with Crippen LogP contribution in [0.1, 0.15) is 57.5 Å². The van der Waals surface area contributed by atoms with E-state index < -0.39 is 29.4 Å². The monoisotopic (exact) mass is 458 g/mol. The molecule has 156 valence electrons. The highest BCUT2D eigenvalue weighted by Crippen LogP contribution is 2.23. The fraction of sp³-hybridized carbons (Fsp3) is 0.526. The Bertz CT molecular complexity index is 737. The molecule has 0 fully saturated rings. The van der Waals surface area contributed by atoms with E-state index in [1.54, 1.807) is 59.7 Å². The maximum Gasteiger partial charge on any atom is 0.429 e. The fourth-order valence-electron chi connectivity index (χ4n) is 2.08. The van der Waals surface area contributed by atoms with E-state index in [1.165, 1.54) is 7.11 Å². The summed E-state index contributed by atoms with van der Waals surface area (Å²) in [5.74, 6) is -0.580. The number of nitrogens with zero attached hydrogens (tertiary/aromatic N) is 1. The Balaban J connectivity index is 3.19. The van der Waals surface area contributed by atoms with E-state index in [2.05, 4.69) is 21.4 Å². The second-order valence-corrected chi connectivity index (χ2v) is 8.80. The molecule has 0 saturated carbocycles. The third-order valence-electron chi connectivity index (χ3n) is 3.06. The van der Waals surface area contributed by atoms with Crippen LogP contribution in [-0.2, 0) is 20.8 Å². The van der Waals surface area contributed by atoms with E-state index in [0.717, 1.165) is 5.01 Å². The van der Waals surface area contributed by atoms with E-state index in [1.807, 2.05) is 0 Å². The number of carbonyl (C=O) groups excluding carboxylic acids is 3. The quantitative estimate of drug-likeness (QED) is 0.409. The van der Waals surface area contributed by atoms with Gasteiger partial charge in [0.25, 0.3) is 0 Å². The molecule has 0 saturated heterocycles. The van der Waals surface area contributed by atoms with Crippen LogP contribution in [-0.4, -0.2) is 41.5 Å². The van der Waals surface area contributed by atoms with Crippen molar-refractivity contribution in [2.75, 3.05) is 7.11 Å². The van der Waals surface area contributed by atoms with Gasteiger partial charge in [0.1, 0.15) is 11.2 Å². The largest absolute Gasteiger partial charge is 0.465 e. The number of carbonyl (C=O) groups is 3. The Morgan fingerprint density at radius 3 is 2.11 bits per heavy atom. The number of hydrogen-bond acceptors (Lipinski definition) is 6. The van der Waals surface area contributed by atoms with Crippen molar-refractivity contribution in [2.24, 2.45) is 0 Å². The fourth-order valence-corrected chi connectivity index (χ4v) is 2.65. The first-order valence-corrected chi connectivity index (χ1v) is 9.38. The highest BCUT2D eigenvalue weighted by molar-refractivity contribution is 9.10. The number of esters is 1. The third kappa shape index (κ3) is 7.75. The van der Waals surface area contributed by atoms with Gasteiger partial charge in [-0.2, -0.15) is 0 Å². The van der Waals surface area contributed by atoms with Crippen molar-refractivity contribution in [2.45, 2.75) is 59.3 Å². The maximum atomic E-state index is 12.6. The molecular formula is C19H27BrN2O6. The number of benzene rings is 1. The van der Waals surface area contributed by atoms with Gasteiger partial charge >= 0.3 is 18.2 Å². The number of ether oxygens (including phenoxy) is 3. The minimum Gasteiger partial charge on any atom is -0.465 e. The summed E-state index contributed by atoms with van der Waals surface area (Å²) in [5, 5.41) is 0.952. The molecule has 0 unspecified atom stereocenters. The lowest BCUT2D eigenvalue weighted by atomic mass is 10.1. The van der Waals surface area contributed by atoms with Crippen molar-refractivity contribution in [3.8, 4) is 0 Å². The summed E-state index contributed by atoms with van der Waals surface area (Å²) in [4.78, 5) is 36.9. The van der Waals surface area contributed by atoms with Gasteiger partial charge in [-0.1, -0.05) is 12.1 Å². The minimum absolute atomic E-state index is 0.141. The molecule has 0 radical (unpaired) electrons. The Hall–Kier alpha value is -2.29. The molecule has 9 heteroatoms. The Morgan fingerprint density at radius 2 is 1.61 bits per heavy atom. The molecule has 0 aliphatic heterocycles. The van der Waals surface area contributed by atoms with Crippen molar-refractivity contribution in [3.05, 3.63) is 33.8 Å².